The van der Waals surface area contributed by atoms with Crippen LogP contribution in [0, 0.1) is 21.4 Å². The van der Waals surface area contributed by atoms with Crippen LogP contribution in [0.15, 0.2) is 24.4 Å². The number of thiazole rings is 1. The maximum atomic E-state index is 12.2. The van der Waals surface area contributed by atoms with Gasteiger partial charge in [-0.15, -0.1) is 11.3 Å². The van der Waals surface area contributed by atoms with E-state index in [1.165, 1.54) is 24.5 Å². The second-order valence-electron chi connectivity index (χ2n) is 12.0. The van der Waals surface area contributed by atoms with Gasteiger partial charge < -0.3 is 14.3 Å². The molecule has 1 aliphatic rings. The summed E-state index contributed by atoms with van der Waals surface area (Å²) in [4.78, 5) is 28.8. The van der Waals surface area contributed by atoms with Crippen molar-refractivity contribution >= 4 is 31.3 Å². The quantitative estimate of drug-likeness (QED) is 0.189. The Morgan fingerprint density at radius 1 is 1.31 bits per heavy atom. The van der Waals surface area contributed by atoms with Crippen molar-refractivity contribution in [3.63, 3.8) is 0 Å². The Balaban J connectivity index is 1.89. The minimum absolute atomic E-state index is 0.00490. The summed E-state index contributed by atoms with van der Waals surface area (Å²) in [6.07, 6.45) is 2.92. The Hall–Kier alpha value is -2.14. The number of aliphatic hydroxyl groups is 1. The molecule has 0 radical (unpaired) electrons. The third-order valence-corrected chi connectivity index (χ3v) is 13.5. The fourth-order valence-electron chi connectivity index (χ4n) is 4.61. The van der Waals surface area contributed by atoms with E-state index >= 15 is 0 Å². The van der Waals surface area contributed by atoms with Gasteiger partial charge in [0, 0.05) is 23.9 Å². The molecule has 0 unspecified atom stereocenters. The molecule has 0 spiro atoms. The van der Waals surface area contributed by atoms with Crippen molar-refractivity contribution in [2.24, 2.45) is 11.3 Å². The maximum Gasteiger partial charge on any atom is 0.309 e. The lowest BCUT2D eigenvalue weighted by atomic mass is 9.63. The molecule has 1 aromatic carbocycles. The first-order chi connectivity index (χ1) is 16.5. The van der Waals surface area contributed by atoms with E-state index in [1.807, 2.05) is 19.9 Å². The summed E-state index contributed by atoms with van der Waals surface area (Å²) < 4.78 is 11.3. The van der Waals surface area contributed by atoms with Gasteiger partial charge in [-0.3, -0.25) is 14.9 Å². The van der Waals surface area contributed by atoms with Crippen LogP contribution in [0.25, 0.3) is 10.4 Å². The van der Waals surface area contributed by atoms with Crippen LogP contribution in [0.2, 0.25) is 18.1 Å². The summed E-state index contributed by atoms with van der Waals surface area (Å²) in [5.74, 6) is -0.548. The minimum Gasteiger partial charge on any atom is -0.469 e. The maximum absolute atomic E-state index is 12.2. The summed E-state index contributed by atoms with van der Waals surface area (Å²) in [5, 5.41) is 23.8. The molecule has 3 rings (SSSR count). The van der Waals surface area contributed by atoms with E-state index in [-0.39, 0.29) is 22.6 Å². The van der Waals surface area contributed by atoms with Crippen molar-refractivity contribution in [2.75, 3.05) is 7.11 Å². The van der Waals surface area contributed by atoms with E-state index in [2.05, 4.69) is 38.8 Å². The zero-order valence-corrected chi connectivity index (χ0v) is 24.3. The molecule has 0 amide bonds. The third kappa shape index (κ3) is 5.87. The normalized spacial score (nSPS) is 22.3. The van der Waals surface area contributed by atoms with Crippen molar-refractivity contribution < 1.29 is 24.0 Å². The van der Waals surface area contributed by atoms with Gasteiger partial charge in [-0.2, -0.15) is 0 Å². The second-order valence-corrected chi connectivity index (χ2v) is 17.9. The summed E-state index contributed by atoms with van der Waals surface area (Å²) in [6, 6.07) is 5.00. The van der Waals surface area contributed by atoms with Gasteiger partial charge in [0.25, 0.3) is 5.69 Å². The molecule has 2 aromatic rings. The van der Waals surface area contributed by atoms with Gasteiger partial charge in [0.2, 0.25) is 0 Å². The number of aromatic nitrogens is 1. The predicted molar refractivity (Wildman–Crippen MR) is 143 cm³/mol. The Morgan fingerprint density at radius 2 is 1.97 bits per heavy atom. The zero-order valence-electron chi connectivity index (χ0n) is 22.5. The number of carbonyl (C=O) groups excluding carboxylic acids is 1. The smallest absolute Gasteiger partial charge is 0.309 e. The number of non-ortho nitro benzene ring substituents is 1. The number of methoxy groups -OCH3 is 1. The van der Waals surface area contributed by atoms with Crippen LogP contribution in [-0.2, 0) is 26.2 Å². The van der Waals surface area contributed by atoms with Crippen LogP contribution in [0.4, 0.5) is 5.69 Å². The minimum atomic E-state index is -2.03. The van der Waals surface area contributed by atoms with Crippen LogP contribution < -0.4 is 0 Å². The Labute approximate surface area is 218 Å². The van der Waals surface area contributed by atoms with E-state index in [0.717, 1.165) is 10.4 Å². The van der Waals surface area contributed by atoms with Gasteiger partial charge in [0.05, 0.1) is 29.4 Å². The Morgan fingerprint density at radius 3 is 2.53 bits per heavy atom. The molecule has 0 aliphatic heterocycles. The lowest BCUT2D eigenvalue weighted by Crippen LogP contribution is -2.45. The predicted octanol–water partition coefficient (Wildman–Crippen LogP) is 6.43. The highest BCUT2D eigenvalue weighted by atomic mass is 32.1. The van der Waals surface area contributed by atoms with Crippen molar-refractivity contribution in [3.8, 4) is 10.4 Å². The van der Waals surface area contributed by atoms with Crippen molar-refractivity contribution in [1.82, 2.24) is 4.98 Å². The number of nitrogens with zero attached hydrogens (tertiary/aromatic N) is 2. The van der Waals surface area contributed by atoms with E-state index in [1.54, 1.807) is 12.3 Å². The summed E-state index contributed by atoms with van der Waals surface area (Å²) in [6.45, 7) is 15.0. The Bertz CT molecular complexity index is 1140. The number of hydrogen-bond donors (Lipinski definition) is 1. The first kappa shape index (κ1) is 28.4. The van der Waals surface area contributed by atoms with Gasteiger partial charge in [-0.1, -0.05) is 34.6 Å². The molecule has 0 bridgehead atoms. The number of ether oxygens (including phenoxy) is 1. The van der Waals surface area contributed by atoms with Crippen molar-refractivity contribution in [3.05, 3.63) is 45.1 Å². The lowest BCUT2D eigenvalue weighted by Gasteiger charge is -2.44. The van der Waals surface area contributed by atoms with E-state index in [0.29, 0.717) is 36.4 Å². The molecule has 1 N–H and O–H groups in total. The van der Waals surface area contributed by atoms with Crippen LogP contribution in [0.3, 0.4) is 0 Å². The average Bonchev–Trinajstić information content (AvgIpc) is 3.27. The highest BCUT2D eigenvalue weighted by molar-refractivity contribution is 7.15. The highest BCUT2D eigenvalue weighted by Crippen LogP contribution is 2.51. The SMILES string of the molecule is COC(=O)[C@H]1CC[C@](O)(c2ncc(-c3cc(CO[Si](C)(C)C(C)(C)C)cc([N+](=O)[O-])c3)s2)CC1(C)C. The molecule has 1 saturated carbocycles. The van der Waals surface area contributed by atoms with Gasteiger partial charge in [0.1, 0.15) is 10.6 Å². The van der Waals surface area contributed by atoms with Gasteiger partial charge >= 0.3 is 5.97 Å². The Kier molecular flexibility index (Phi) is 7.87. The molecule has 1 aromatic heterocycles. The molecule has 10 heteroatoms. The number of benzene rings is 1. The monoisotopic (exact) mass is 534 g/mol. The van der Waals surface area contributed by atoms with Crippen molar-refractivity contribution in [1.29, 1.82) is 0 Å². The first-order valence-corrected chi connectivity index (χ1v) is 15.9. The van der Waals surface area contributed by atoms with E-state index in [9.17, 15) is 20.0 Å². The number of carbonyl (C=O) groups is 1. The van der Waals surface area contributed by atoms with Crippen LogP contribution in [-0.4, -0.2) is 36.4 Å². The second kappa shape index (κ2) is 9.96. The highest BCUT2D eigenvalue weighted by Gasteiger charge is 2.49. The first-order valence-electron chi connectivity index (χ1n) is 12.2. The fourth-order valence-corrected chi connectivity index (χ4v) is 6.59. The number of esters is 1. The van der Waals surface area contributed by atoms with Gasteiger partial charge in [-0.05, 0) is 54.4 Å². The van der Waals surface area contributed by atoms with Crippen LogP contribution >= 0.6 is 11.3 Å². The van der Waals surface area contributed by atoms with E-state index < -0.39 is 24.3 Å². The molecule has 1 aliphatic carbocycles. The van der Waals surface area contributed by atoms with Crippen LogP contribution in [0.5, 0.6) is 0 Å². The molecule has 0 saturated heterocycles. The van der Waals surface area contributed by atoms with Gasteiger partial charge in [0.15, 0.2) is 8.32 Å². The van der Waals surface area contributed by atoms with Crippen LogP contribution in [0.1, 0.15) is 64.5 Å². The number of rotatable bonds is 7. The summed E-state index contributed by atoms with van der Waals surface area (Å²) >= 11 is 1.33. The molecule has 198 valence electrons. The summed E-state index contributed by atoms with van der Waals surface area (Å²) in [5.41, 5.74) is -0.238. The molecule has 8 nitrogen and oxygen atoms in total. The number of hydrogen-bond acceptors (Lipinski definition) is 8. The largest absolute Gasteiger partial charge is 0.469 e. The number of nitro groups is 1. The number of nitro benzene ring substituents is 1. The van der Waals surface area contributed by atoms with Crippen molar-refractivity contribution in [2.45, 2.75) is 84.2 Å². The van der Waals surface area contributed by atoms with E-state index in [4.69, 9.17) is 9.16 Å². The standard InChI is InChI=1S/C26H38N2O6SSi/c1-24(2,3)36(7,8)34-15-17-11-18(13-19(12-17)28(31)32)21-14-27-23(35-21)26(30)10-9-20(22(29)33-6)25(4,5)16-26/h11-14,20,30H,9-10,15-16H2,1-8H3/t20-,26-/m1/s1. The average molecular weight is 535 g/mol. The molecule has 1 heterocycles. The third-order valence-electron chi connectivity index (χ3n) is 7.81. The lowest BCUT2D eigenvalue weighted by molar-refractivity contribution is -0.384. The molecular weight excluding hydrogens is 496 g/mol. The molecule has 36 heavy (non-hydrogen) atoms. The summed E-state index contributed by atoms with van der Waals surface area (Å²) in [7, 11) is -0.647. The molecular formula is C26H38N2O6SSi. The molecule has 1 fully saturated rings. The molecule has 2 atom stereocenters. The topological polar surface area (TPSA) is 112 Å². The fraction of sp³-hybridized carbons (Fsp3) is 0.615. The van der Waals surface area contributed by atoms with Gasteiger partial charge in [-0.25, -0.2) is 4.98 Å². The zero-order chi connectivity index (χ0) is 27.1.